The summed E-state index contributed by atoms with van der Waals surface area (Å²) in [6, 6.07) is 7.21. The molecule has 0 saturated heterocycles. The third-order valence-electron chi connectivity index (χ3n) is 5.21. The molecule has 0 heterocycles. The van der Waals surface area contributed by atoms with Crippen LogP contribution in [0, 0.1) is 0 Å². The SMILES string of the molecule is CCCCNc1ccc(C(=O)OCCOCCOCCOCCOCCOCCOC(=O)CCC(=O)C(=O)O)cc1. The minimum absolute atomic E-state index is 0.00813. The predicted octanol–water partition coefficient (Wildman–Crippen LogP) is 2.12. The molecule has 0 aromatic heterocycles. The summed E-state index contributed by atoms with van der Waals surface area (Å²) >= 11 is 0. The number of aliphatic carboxylic acids is 1. The van der Waals surface area contributed by atoms with E-state index in [-0.39, 0.29) is 45.2 Å². The van der Waals surface area contributed by atoms with Crippen molar-refractivity contribution in [2.24, 2.45) is 0 Å². The first-order chi connectivity index (χ1) is 19.9. The van der Waals surface area contributed by atoms with E-state index in [4.69, 9.17) is 38.3 Å². The van der Waals surface area contributed by atoms with Gasteiger partial charge in [-0.3, -0.25) is 9.59 Å². The highest BCUT2D eigenvalue weighted by atomic mass is 16.6. The summed E-state index contributed by atoms with van der Waals surface area (Å²) in [5.74, 6) is -3.63. The first-order valence-corrected chi connectivity index (χ1v) is 13.8. The molecule has 0 aliphatic rings. The van der Waals surface area contributed by atoms with Crippen molar-refractivity contribution in [2.45, 2.75) is 32.6 Å². The van der Waals surface area contributed by atoms with Gasteiger partial charge in [0.05, 0.1) is 78.1 Å². The van der Waals surface area contributed by atoms with Gasteiger partial charge in [0.1, 0.15) is 13.2 Å². The lowest BCUT2D eigenvalue weighted by Gasteiger charge is -2.09. The van der Waals surface area contributed by atoms with Gasteiger partial charge in [-0.15, -0.1) is 0 Å². The van der Waals surface area contributed by atoms with Crippen molar-refractivity contribution in [2.75, 3.05) is 91.1 Å². The Balaban J connectivity index is 1.81. The van der Waals surface area contributed by atoms with Crippen molar-refractivity contribution in [1.82, 2.24) is 0 Å². The molecule has 1 rings (SSSR count). The van der Waals surface area contributed by atoms with Gasteiger partial charge in [-0.05, 0) is 30.7 Å². The van der Waals surface area contributed by atoms with Crippen LogP contribution in [0.3, 0.4) is 0 Å². The summed E-state index contributed by atoms with van der Waals surface area (Å²) in [5.41, 5.74) is 1.48. The predicted molar refractivity (Wildman–Crippen MR) is 147 cm³/mol. The molecule has 13 heteroatoms. The number of carbonyl (C=O) groups excluding carboxylic acids is 3. The highest BCUT2D eigenvalue weighted by molar-refractivity contribution is 6.32. The fraction of sp³-hybridized carbons (Fsp3) is 0.643. The van der Waals surface area contributed by atoms with Gasteiger partial charge in [0.15, 0.2) is 0 Å². The van der Waals surface area contributed by atoms with Crippen LogP contribution < -0.4 is 5.32 Å². The van der Waals surface area contributed by atoms with Crippen molar-refractivity contribution in [1.29, 1.82) is 0 Å². The van der Waals surface area contributed by atoms with Gasteiger partial charge in [0, 0.05) is 18.7 Å². The topological polar surface area (TPSA) is 165 Å². The van der Waals surface area contributed by atoms with Gasteiger partial charge in [0.25, 0.3) is 0 Å². The smallest absolute Gasteiger partial charge is 0.372 e. The Labute approximate surface area is 240 Å². The first-order valence-electron chi connectivity index (χ1n) is 13.8. The zero-order valence-corrected chi connectivity index (χ0v) is 23.8. The van der Waals surface area contributed by atoms with Crippen LogP contribution in [-0.4, -0.2) is 115 Å². The summed E-state index contributed by atoms with van der Waals surface area (Å²) in [5, 5.41) is 11.7. The van der Waals surface area contributed by atoms with E-state index in [1.54, 1.807) is 12.1 Å². The summed E-state index contributed by atoms with van der Waals surface area (Å²) in [7, 11) is 0. The molecule has 0 amide bonds. The quantitative estimate of drug-likeness (QED) is 0.0877. The number of Topliss-reactive ketones (excluding diaryl/α,β-unsaturated/α-hetero) is 1. The average Bonchev–Trinajstić information content (AvgIpc) is 2.97. The van der Waals surface area contributed by atoms with E-state index in [0.717, 1.165) is 25.1 Å². The number of esters is 2. The van der Waals surface area contributed by atoms with Crippen molar-refractivity contribution in [3.05, 3.63) is 29.8 Å². The molecule has 0 atom stereocenters. The van der Waals surface area contributed by atoms with Crippen molar-refractivity contribution >= 4 is 29.4 Å². The Hall–Kier alpha value is -3.10. The number of carbonyl (C=O) groups is 4. The number of carboxylic acid groups (broad SMARTS) is 1. The number of benzene rings is 1. The molecular formula is C28H43NO12. The maximum absolute atomic E-state index is 12.1. The Morgan fingerprint density at radius 3 is 1.59 bits per heavy atom. The minimum atomic E-state index is -1.57. The second-order valence-corrected chi connectivity index (χ2v) is 8.50. The van der Waals surface area contributed by atoms with Crippen LogP contribution in [0.5, 0.6) is 0 Å². The molecule has 0 fully saturated rings. The molecule has 0 spiro atoms. The zero-order valence-electron chi connectivity index (χ0n) is 23.8. The lowest BCUT2D eigenvalue weighted by atomic mass is 10.2. The number of rotatable bonds is 27. The number of hydrogen-bond acceptors (Lipinski definition) is 12. The van der Waals surface area contributed by atoms with E-state index in [1.165, 1.54) is 0 Å². The molecule has 0 aliphatic carbocycles. The first kappa shape index (κ1) is 35.9. The normalized spacial score (nSPS) is 10.8. The number of nitrogens with one attached hydrogen (secondary N) is 1. The van der Waals surface area contributed by atoms with Crippen molar-refractivity contribution < 1.29 is 57.4 Å². The van der Waals surface area contributed by atoms with Crippen LogP contribution >= 0.6 is 0 Å². The Morgan fingerprint density at radius 1 is 0.659 bits per heavy atom. The van der Waals surface area contributed by atoms with Crippen LogP contribution in [-0.2, 0) is 47.5 Å². The molecule has 232 valence electrons. The molecule has 13 nitrogen and oxygen atoms in total. The van der Waals surface area contributed by atoms with E-state index in [2.05, 4.69) is 12.2 Å². The minimum Gasteiger partial charge on any atom is -0.476 e. The number of unbranched alkanes of at least 4 members (excludes halogenated alkanes) is 1. The monoisotopic (exact) mass is 585 g/mol. The number of carboxylic acids is 1. The van der Waals surface area contributed by atoms with E-state index in [9.17, 15) is 19.2 Å². The molecule has 1 aromatic rings. The fourth-order valence-corrected chi connectivity index (χ4v) is 3.00. The number of hydrogen-bond donors (Lipinski definition) is 2. The maximum Gasteiger partial charge on any atom is 0.372 e. The third kappa shape index (κ3) is 20.4. The zero-order chi connectivity index (χ0) is 30.0. The van der Waals surface area contributed by atoms with Gasteiger partial charge in [-0.2, -0.15) is 0 Å². The van der Waals surface area contributed by atoms with Gasteiger partial charge < -0.3 is 43.6 Å². The lowest BCUT2D eigenvalue weighted by Crippen LogP contribution is -2.17. The molecule has 1 aromatic carbocycles. The highest BCUT2D eigenvalue weighted by Gasteiger charge is 2.14. The summed E-state index contributed by atoms with van der Waals surface area (Å²) < 4.78 is 36.8. The largest absolute Gasteiger partial charge is 0.476 e. The van der Waals surface area contributed by atoms with E-state index in [1.807, 2.05) is 12.1 Å². The lowest BCUT2D eigenvalue weighted by molar-refractivity contribution is -0.151. The summed E-state index contributed by atoms with van der Waals surface area (Å²) in [6.07, 6.45) is 1.55. The van der Waals surface area contributed by atoms with Crippen LogP contribution in [0.15, 0.2) is 24.3 Å². The van der Waals surface area contributed by atoms with E-state index < -0.39 is 17.7 Å². The Bertz CT molecular complexity index is 862. The van der Waals surface area contributed by atoms with Crippen LogP contribution in [0.4, 0.5) is 5.69 Å². The van der Waals surface area contributed by atoms with Crippen LogP contribution in [0.1, 0.15) is 43.0 Å². The molecule has 0 unspecified atom stereocenters. The summed E-state index contributed by atoms with van der Waals surface area (Å²) in [4.78, 5) is 44.7. The molecule has 0 bridgehead atoms. The second kappa shape index (κ2) is 24.7. The Kier molecular flexibility index (Phi) is 21.6. The molecule has 0 aliphatic heterocycles. The standard InChI is InChI=1S/C28H43NO12/c1-2-3-10-29-24-6-4-23(5-7-24)28(34)41-22-20-39-18-16-37-14-12-35-11-13-36-15-17-38-19-21-40-26(31)9-8-25(30)27(32)33/h4-7,29H,2-3,8-22H2,1H3,(H,32,33). The summed E-state index contributed by atoms with van der Waals surface area (Å²) in [6.45, 7) is 6.69. The van der Waals surface area contributed by atoms with Crippen LogP contribution in [0.25, 0.3) is 0 Å². The Morgan fingerprint density at radius 2 is 1.12 bits per heavy atom. The molecule has 2 N–H and O–H groups in total. The van der Waals surface area contributed by atoms with Crippen molar-refractivity contribution in [3.63, 3.8) is 0 Å². The van der Waals surface area contributed by atoms with Gasteiger partial charge in [-0.25, -0.2) is 9.59 Å². The van der Waals surface area contributed by atoms with Crippen LogP contribution in [0.2, 0.25) is 0 Å². The number of ether oxygens (including phenoxy) is 7. The average molecular weight is 586 g/mol. The van der Waals surface area contributed by atoms with E-state index in [0.29, 0.717) is 58.4 Å². The van der Waals surface area contributed by atoms with Gasteiger partial charge in [0.2, 0.25) is 5.78 Å². The maximum atomic E-state index is 12.1. The number of anilines is 1. The van der Waals surface area contributed by atoms with Gasteiger partial charge in [-0.1, -0.05) is 13.3 Å². The highest BCUT2D eigenvalue weighted by Crippen LogP contribution is 2.10. The molecule has 0 saturated carbocycles. The molecule has 41 heavy (non-hydrogen) atoms. The van der Waals surface area contributed by atoms with Gasteiger partial charge >= 0.3 is 17.9 Å². The van der Waals surface area contributed by atoms with E-state index >= 15 is 0 Å². The third-order valence-corrected chi connectivity index (χ3v) is 5.21. The molecular weight excluding hydrogens is 542 g/mol. The fourth-order valence-electron chi connectivity index (χ4n) is 3.00. The molecule has 0 radical (unpaired) electrons. The second-order valence-electron chi connectivity index (χ2n) is 8.50. The number of ketones is 1. The van der Waals surface area contributed by atoms with Crippen molar-refractivity contribution in [3.8, 4) is 0 Å².